The number of imide groups is 1. The first-order valence-electron chi connectivity index (χ1n) is 7.66. The fourth-order valence-electron chi connectivity index (χ4n) is 2.93. The van der Waals surface area contributed by atoms with E-state index < -0.39 is 0 Å². The van der Waals surface area contributed by atoms with Gasteiger partial charge in [0.15, 0.2) is 0 Å². The molecule has 116 valence electrons. The van der Waals surface area contributed by atoms with E-state index >= 15 is 0 Å². The van der Waals surface area contributed by atoms with Crippen LogP contribution in [-0.2, 0) is 0 Å². The molecule has 0 bridgehead atoms. The first kappa shape index (κ1) is 14.6. The number of benzene rings is 1. The number of piperidine rings is 1. The van der Waals surface area contributed by atoms with Gasteiger partial charge in [0.1, 0.15) is 0 Å². The van der Waals surface area contributed by atoms with Gasteiger partial charge in [0.2, 0.25) is 0 Å². The van der Waals surface area contributed by atoms with Crippen molar-refractivity contribution in [2.45, 2.75) is 19.3 Å². The number of carbonyl (C=O) groups is 3. The lowest BCUT2D eigenvalue weighted by atomic mass is 10.1. The average molecular weight is 301 g/mol. The second kappa shape index (κ2) is 6.17. The highest BCUT2D eigenvalue weighted by Gasteiger charge is 2.34. The van der Waals surface area contributed by atoms with E-state index in [-0.39, 0.29) is 30.9 Å². The van der Waals surface area contributed by atoms with Crippen molar-refractivity contribution >= 4 is 17.8 Å². The lowest BCUT2D eigenvalue weighted by Gasteiger charge is -2.27. The highest BCUT2D eigenvalue weighted by Crippen LogP contribution is 2.21. The Balaban J connectivity index is 1.53. The smallest absolute Gasteiger partial charge is 0.317 e. The monoisotopic (exact) mass is 301 g/mol. The van der Waals surface area contributed by atoms with Gasteiger partial charge < -0.3 is 10.2 Å². The maximum absolute atomic E-state index is 12.2. The minimum absolute atomic E-state index is 0.115. The molecule has 0 spiro atoms. The molecule has 1 N–H and O–H groups in total. The molecule has 0 unspecified atom stereocenters. The molecule has 2 heterocycles. The Kier molecular flexibility index (Phi) is 4.09. The lowest BCUT2D eigenvalue weighted by molar-refractivity contribution is 0.0655. The summed E-state index contributed by atoms with van der Waals surface area (Å²) in [5, 5.41) is 2.79. The molecule has 1 saturated heterocycles. The van der Waals surface area contributed by atoms with Crippen molar-refractivity contribution in [1.82, 2.24) is 15.1 Å². The number of amides is 4. The lowest BCUT2D eigenvalue weighted by Crippen LogP contribution is -2.45. The number of likely N-dealkylation sites (tertiary alicyclic amines) is 1. The number of hydrogen-bond acceptors (Lipinski definition) is 3. The molecule has 22 heavy (non-hydrogen) atoms. The van der Waals surface area contributed by atoms with E-state index in [1.807, 2.05) is 0 Å². The van der Waals surface area contributed by atoms with E-state index in [0.717, 1.165) is 25.9 Å². The zero-order valence-electron chi connectivity index (χ0n) is 12.4. The highest BCUT2D eigenvalue weighted by atomic mass is 16.2. The summed E-state index contributed by atoms with van der Waals surface area (Å²) in [5.41, 5.74) is 0.879. The molecule has 2 aliphatic heterocycles. The number of rotatable bonds is 3. The van der Waals surface area contributed by atoms with Gasteiger partial charge in [0, 0.05) is 26.2 Å². The Morgan fingerprint density at radius 3 is 2.18 bits per heavy atom. The van der Waals surface area contributed by atoms with Crippen LogP contribution in [-0.4, -0.2) is 53.8 Å². The molecule has 0 atom stereocenters. The summed E-state index contributed by atoms with van der Waals surface area (Å²) in [5.74, 6) is -0.569. The summed E-state index contributed by atoms with van der Waals surface area (Å²) in [4.78, 5) is 39.3. The summed E-state index contributed by atoms with van der Waals surface area (Å²) >= 11 is 0. The Morgan fingerprint density at radius 2 is 1.59 bits per heavy atom. The number of nitrogens with one attached hydrogen (secondary N) is 1. The molecule has 0 aromatic heterocycles. The number of fused-ring (bicyclic) bond motifs is 1. The largest absolute Gasteiger partial charge is 0.336 e. The summed E-state index contributed by atoms with van der Waals surface area (Å²) in [7, 11) is 0. The quantitative estimate of drug-likeness (QED) is 0.860. The number of urea groups is 1. The molecule has 0 aliphatic carbocycles. The second-order valence-corrected chi connectivity index (χ2v) is 5.59. The van der Waals surface area contributed by atoms with Crippen molar-refractivity contribution in [2.75, 3.05) is 26.2 Å². The van der Waals surface area contributed by atoms with Crippen LogP contribution < -0.4 is 5.32 Å². The highest BCUT2D eigenvalue weighted by molar-refractivity contribution is 6.21. The Labute approximate surface area is 129 Å². The minimum Gasteiger partial charge on any atom is -0.336 e. The third kappa shape index (κ3) is 2.68. The summed E-state index contributed by atoms with van der Waals surface area (Å²) in [6.07, 6.45) is 3.23. The van der Waals surface area contributed by atoms with Gasteiger partial charge in [-0.1, -0.05) is 12.1 Å². The van der Waals surface area contributed by atoms with Gasteiger partial charge in [-0.15, -0.1) is 0 Å². The fourth-order valence-corrected chi connectivity index (χ4v) is 2.93. The topological polar surface area (TPSA) is 69.7 Å². The van der Waals surface area contributed by atoms with Crippen LogP contribution in [0.4, 0.5) is 4.79 Å². The van der Waals surface area contributed by atoms with E-state index in [0.29, 0.717) is 11.1 Å². The first-order chi connectivity index (χ1) is 10.7. The summed E-state index contributed by atoms with van der Waals surface area (Å²) in [6, 6.07) is 6.68. The van der Waals surface area contributed by atoms with E-state index in [4.69, 9.17) is 0 Å². The van der Waals surface area contributed by atoms with Gasteiger partial charge in [-0.25, -0.2) is 4.79 Å². The molecule has 1 fully saturated rings. The normalized spacial score (nSPS) is 17.6. The van der Waals surface area contributed by atoms with Gasteiger partial charge in [-0.3, -0.25) is 14.5 Å². The summed E-state index contributed by atoms with van der Waals surface area (Å²) < 4.78 is 0. The molecule has 6 heteroatoms. The van der Waals surface area contributed by atoms with E-state index in [2.05, 4.69) is 5.32 Å². The van der Waals surface area contributed by atoms with Crippen molar-refractivity contribution in [2.24, 2.45) is 0 Å². The number of carbonyl (C=O) groups excluding carboxylic acids is 3. The Bertz CT molecular complexity index is 573. The standard InChI is InChI=1S/C16H19N3O3/c20-14-12-6-2-3-7-13(12)15(21)19(14)11-8-17-16(22)18-9-4-1-5-10-18/h2-3,6-7H,1,4-5,8-11H2,(H,17,22). The molecule has 6 nitrogen and oxygen atoms in total. The Hall–Kier alpha value is -2.37. The van der Waals surface area contributed by atoms with Gasteiger partial charge >= 0.3 is 6.03 Å². The zero-order chi connectivity index (χ0) is 15.5. The predicted octanol–water partition coefficient (Wildman–Crippen LogP) is 1.48. The SMILES string of the molecule is O=C(NCCN1C(=O)c2ccccc2C1=O)N1CCCCC1. The van der Waals surface area contributed by atoms with Crippen molar-refractivity contribution in [3.05, 3.63) is 35.4 Å². The van der Waals surface area contributed by atoms with E-state index in [1.165, 1.54) is 11.3 Å². The Morgan fingerprint density at radius 1 is 1.00 bits per heavy atom. The van der Waals surface area contributed by atoms with Crippen LogP contribution in [0.15, 0.2) is 24.3 Å². The molecular weight excluding hydrogens is 282 g/mol. The molecule has 2 aliphatic rings. The molecule has 0 radical (unpaired) electrons. The molecule has 4 amide bonds. The molecule has 1 aromatic rings. The second-order valence-electron chi connectivity index (χ2n) is 5.59. The van der Waals surface area contributed by atoms with E-state index in [9.17, 15) is 14.4 Å². The van der Waals surface area contributed by atoms with Crippen LogP contribution in [0, 0.1) is 0 Å². The van der Waals surface area contributed by atoms with Crippen LogP contribution in [0.5, 0.6) is 0 Å². The van der Waals surface area contributed by atoms with Crippen LogP contribution in [0.3, 0.4) is 0 Å². The molecule has 3 rings (SSSR count). The minimum atomic E-state index is -0.284. The zero-order valence-corrected chi connectivity index (χ0v) is 12.4. The van der Waals surface area contributed by atoms with Gasteiger partial charge in [-0.2, -0.15) is 0 Å². The number of nitrogens with zero attached hydrogens (tertiary/aromatic N) is 2. The van der Waals surface area contributed by atoms with E-state index in [1.54, 1.807) is 29.2 Å². The van der Waals surface area contributed by atoms with Gasteiger partial charge in [0.05, 0.1) is 11.1 Å². The first-order valence-corrected chi connectivity index (χ1v) is 7.66. The van der Waals surface area contributed by atoms with Crippen LogP contribution in [0.2, 0.25) is 0 Å². The molecular formula is C16H19N3O3. The summed E-state index contributed by atoms with van der Waals surface area (Å²) in [6.45, 7) is 2.03. The predicted molar refractivity (Wildman–Crippen MR) is 80.6 cm³/mol. The van der Waals surface area contributed by atoms with Crippen LogP contribution in [0.25, 0.3) is 0 Å². The van der Waals surface area contributed by atoms with Gasteiger partial charge in [-0.05, 0) is 31.4 Å². The van der Waals surface area contributed by atoms with Crippen LogP contribution in [0.1, 0.15) is 40.0 Å². The molecule has 1 aromatic carbocycles. The van der Waals surface area contributed by atoms with Crippen LogP contribution >= 0.6 is 0 Å². The van der Waals surface area contributed by atoms with Crippen molar-refractivity contribution < 1.29 is 14.4 Å². The van der Waals surface area contributed by atoms with Crippen molar-refractivity contribution in [1.29, 1.82) is 0 Å². The average Bonchev–Trinajstić information content (AvgIpc) is 2.81. The molecule has 0 saturated carbocycles. The maximum Gasteiger partial charge on any atom is 0.317 e. The van der Waals surface area contributed by atoms with Crippen molar-refractivity contribution in [3.8, 4) is 0 Å². The third-order valence-electron chi connectivity index (χ3n) is 4.13. The third-order valence-corrected chi connectivity index (χ3v) is 4.13. The number of hydrogen-bond donors (Lipinski definition) is 1. The van der Waals surface area contributed by atoms with Crippen molar-refractivity contribution in [3.63, 3.8) is 0 Å². The fraction of sp³-hybridized carbons (Fsp3) is 0.438. The van der Waals surface area contributed by atoms with Gasteiger partial charge in [0.25, 0.3) is 11.8 Å². The maximum atomic E-state index is 12.2.